The molecule has 1 aliphatic rings. The molecule has 17 rings (SSSR count). The van der Waals surface area contributed by atoms with Crippen LogP contribution in [-0.2, 0) is 0 Å². The van der Waals surface area contributed by atoms with Crippen molar-refractivity contribution in [3.05, 3.63) is 231 Å². The molecule has 0 heteroatoms. The average Bonchev–Trinajstić information content (AvgIpc) is 4.06. The van der Waals surface area contributed by atoms with E-state index in [1.807, 2.05) is 0 Å². The van der Waals surface area contributed by atoms with Gasteiger partial charge in [-0.05, 0) is 193 Å². The van der Waals surface area contributed by atoms with Gasteiger partial charge in [-0.15, -0.1) is 0 Å². The summed E-state index contributed by atoms with van der Waals surface area (Å²) in [6, 6.07) is 87.6. The highest BCUT2D eigenvalue weighted by Crippen LogP contribution is 2.58. The van der Waals surface area contributed by atoms with Crippen molar-refractivity contribution in [2.75, 3.05) is 0 Å². The molecular formula is C70H38. The standard InChI is InChI=1S/C70H38/c1-4-14-39(15-5-1)43-26-27-44(40-16-6-2-7-17-40)59(36-43)68-61-38-58-48-25-13-21-41-20-12-24-47(62(41)48)57(58)37-60(61)63(42-18-8-3-9-19-42)69-55-34-32-53-51-30-28-49-45-22-10-11-23-46(45)50-29-31-52(65(51)64(49)50)54-33-35-56(70(68)69)67(55)66(53)54/h1-38H. The minimum absolute atomic E-state index is 1.21. The van der Waals surface area contributed by atoms with Crippen molar-refractivity contribution in [3.8, 4) is 66.8 Å². The van der Waals surface area contributed by atoms with Crippen LogP contribution >= 0.6 is 0 Å². The van der Waals surface area contributed by atoms with Gasteiger partial charge in [0.15, 0.2) is 0 Å². The first-order valence-electron chi connectivity index (χ1n) is 24.6. The SMILES string of the molecule is c1ccc(-c2ccc(-c3ccccc3)c(-c3c4cc5c(cc4c(-c4ccccc4)c4c6ccc7c8ccc9c%10c(ccc(c%11ccc(c34)c6c7%11)c%108)-c3ccccc3-9)c3cccc4cccc5c43)c2)cc1. The first-order valence-corrected chi connectivity index (χ1v) is 24.6. The Bertz CT molecular complexity index is 4810. The lowest BCUT2D eigenvalue weighted by atomic mass is 9.82. The monoisotopic (exact) mass is 878 g/mol. The fourth-order valence-corrected chi connectivity index (χ4v) is 13.6. The summed E-state index contributed by atoms with van der Waals surface area (Å²) in [4.78, 5) is 0. The van der Waals surface area contributed by atoms with Crippen molar-refractivity contribution < 1.29 is 0 Å². The molecule has 1 aliphatic carbocycles. The molecule has 0 aliphatic heterocycles. The Balaban J connectivity index is 1.12. The highest BCUT2D eigenvalue weighted by molar-refractivity contribution is 6.47. The normalized spacial score (nSPS) is 12.6. The van der Waals surface area contributed by atoms with Crippen LogP contribution in [0.25, 0.3) is 174 Å². The van der Waals surface area contributed by atoms with Gasteiger partial charge in [0.2, 0.25) is 0 Å². The van der Waals surface area contributed by atoms with Crippen LogP contribution in [0.3, 0.4) is 0 Å². The molecular weight excluding hydrogens is 841 g/mol. The molecule has 0 unspecified atom stereocenters. The zero-order chi connectivity index (χ0) is 45.3. The zero-order valence-corrected chi connectivity index (χ0v) is 37.9. The third kappa shape index (κ3) is 4.61. The van der Waals surface area contributed by atoms with Gasteiger partial charge in [0.1, 0.15) is 0 Å². The Kier molecular flexibility index (Phi) is 7.03. The summed E-state index contributed by atoms with van der Waals surface area (Å²) in [6.07, 6.45) is 0. The van der Waals surface area contributed by atoms with Crippen molar-refractivity contribution in [2.45, 2.75) is 0 Å². The Morgan fingerprint density at radius 1 is 0.157 bits per heavy atom. The zero-order valence-electron chi connectivity index (χ0n) is 37.9. The minimum Gasteiger partial charge on any atom is -0.0622 e. The van der Waals surface area contributed by atoms with E-state index in [2.05, 4.69) is 231 Å². The van der Waals surface area contributed by atoms with E-state index >= 15 is 0 Å². The molecule has 0 saturated carbocycles. The average molecular weight is 879 g/mol. The van der Waals surface area contributed by atoms with Gasteiger partial charge in [-0.3, -0.25) is 0 Å². The van der Waals surface area contributed by atoms with Crippen molar-refractivity contribution >= 4 is 108 Å². The summed E-state index contributed by atoms with van der Waals surface area (Å²) in [5.41, 5.74) is 15.3. The van der Waals surface area contributed by atoms with E-state index in [9.17, 15) is 0 Å². The molecule has 0 amide bonds. The maximum Gasteiger partial charge on any atom is -0.000718 e. The van der Waals surface area contributed by atoms with Crippen LogP contribution in [0.4, 0.5) is 0 Å². The lowest BCUT2D eigenvalue weighted by Gasteiger charge is -2.20. The Labute approximate surface area is 402 Å². The summed E-state index contributed by atoms with van der Waals surface area (Å²) < 4.78 is 0. The molecule has 0 heterocycles. The van der Waals surface area contributed by atoms with Crippen molar-refractivity contribution in [3.63, 3.8) is 0 Å². The largest absolute Gasteiger partial charge is 0.0622 e. The van der Waals surface area contributed by atoms with Crippen LogP contribution in [-0.4, -0.2) is 0 Å². The summed E-state index contributed by atoms with van der Waals surface area (Å²) in [5, 5.41) is 26.4. The molecule has 0 atom stereocenters. The molecule has 70 heavy (non-hydrogen) atoms. The molecule has 0 radical (unpaired) electrons. The van der Waals surface area contributed by atoms with Gasteiger partial charge in [0, 0.05) is 0 Å². The maximum atomic E-state index is 2.57. The molecule has 0 saturated heterocycles. The number of fused-ring (bicyclic) bond motifs is 12. The van der Waals surface area contributed by atoms with Crippen LogP contribution in [0.5, 0.6) is 0 Å². The van der Waals surface area contributed by atoms with Gasteiger partial charge in [0.05, 0.1) is 0 Å². The second-order valence-corrected chi connectivity index (χ2v) is 19.7. The van der Waals surface area contributed by atoms with E-state index in [1.165, 1.54) is 174 Å². The Hall–Kier alpha value is -9.10. The quantitative estimate of drug-likeness (QED) is 0.122. The van der Waals surface area contributed by atoms with Gasteiger partial charge in [-0.2, -0.15) is 0 Å². The fourth-order valence-electron chi connectivity index (χ4n) is 13.6. The first kappa shape index (κ1) is 37.0. The highest BCUT2D eigenvalue weighted by atomic mass is 14.3. The lowest BCUT2D eigenvalue weighted by molar-refractivity contribution is 1.58. The minimum atomic E-state index is 1.21. The van der Waals surface area contributed by atoms with Gasteiger partial charge >= 0.3 is 0 Å². The predicted octanol–water partition coefficient (Wildman–Crippen LogP) is 19.8. The van der Waals surface area contributed by atoms with Gasteiger partial charge in [-0.25, -0.2) is 0 Å². The molecule has 16 aromatic rings. The highest BCUT2D eigenvalue weighted by Gasteiger charge is 2.30. The Morgan fingerprint density at radius 3 is 1.20 bits per heavy atom. The lowest BCUT2D eigenvalue weighted by Crippen LogP contribution is -1.93. The van der Waals surface area contributed by atoms with Gasteiger partial charge < -0.3 is 0 Å². The van der Waals surface area contributed by atoms with Crippen LogP contribution in [0.1, 0.15) is 0 Å². The van der Waals surface area contributed by atoms with Crippen LogP contribution in [0.15, 0.2) is 231 Å². The van der Waals surface area contributed by atoms with E-state index < -0.39 is 0 Å². The summed E-state index contributed by atoms with van der Waals surface area (Å²) in [6.45, 7) is 0. The predicted molar refractivity (Wildman–Crippen MR) is 301 cm³/mol. The maximum absolute atomic E-state index is 2.57. The molecule has 0 N–H and O–H groups in total. The van der Waals surface area contributed by atoms with E-state index in [4.69, 9.17) is 0 Å². The topological polar surface area (TPSA) is 0 Å². The smallest absolute Gasteiger partial charge is 0.000718 e. The molecule has 0 fully saturated rings. The second kappa shape index (κ2) is 13.3. The number of hydrogen-bond donors (Lipinski definition) is 0. The van der Waals surface area contributed by atoms with Crippen LogP contribution < -0.4 is 0 Å². The van der Waals surface area contributed by atoms with Gasteiger partial charge in [-0.1, -0.05) is 212 Å². The number of hydrogen-bond acceptors (Lipinski definition) is 0. The van der Waals surface area contributed by atoms with Crippen LogP contribution in [0, 0.1) is 0 Å². The van der Waals surface area contributed by atoms with E-state index in [0.29, 0.717) is 0 Å². The van der Waals surface area contributed by atoms with E-state index in [1.54, 1.807) is 0 Å². The molecule has 0 spiro atoms. The molecule has 0 bridgehead atoms. The van der Waals surface area contributed by atoms with Crippen molar-refractivity contribution in [1.82, 2.24) is 0 Å². The third-order valence-electron chi connectivity index (χ3n) is 16.4. The summed E-state index contributed by atoms with van der Waals surface area (Å²) in [5.74, 6) is 0. The third-order valence-corrected chi connectivity index (χ3v) is 16.4. The number of benzene rings is 14. The molecule has 318 valence electrons. The van der Waals surface area contributed by atoms with Crippen molar-refractivity contribution in [1.29, 1.82) is 0 Å². The van der Waals surface area contributed by atoms with E-state index in [0.717, 1.165) is 0 Å². The first-order chi connectivity index (χ1) is 34.8. The summed E-state index contributed by atoms with van der Waals surface area (Å²) >= 11 is 0. The molecule has 0 nitrogen and oxygen atoms in total. The fraction of sp³-hybridized carbons (Fsp3) is 0. The van der Waals surface area contributed by atoms with E-state index in [-0.39, 0.29) is 0 Å². The second-order valence-electron chi connectivity index (χ2n) is 19.7. The molecule has 16 aromatic carbocycles. The van der Waals surface area contributed by atoms with Crippen molar-refractivity contribution in [2.24, 2.45) is 0 Å². The molecule has 0 aromatic heterocycles. The van der Waals surface area contributed by atoms with Crippen LogP contribution in [0.2, 0.25) is 0 Å². The van der Waals surface area contributed by atoms with Gasteiger partial charge in [0.25, 0.3) is 0 Å². The number of rotatable bonds is 4. The Morgan fingerprint density at radius 2 is 0.600 bits per heavy atom. The summed E-state index contributed by atoms with van der Waals surface area (Å²) in [7, 11) is 0.